The van der Waals surface area contributed by atoms with E-state index in [-0.39, 0.29) is 0 Å². The van der Waals surface area contributed by atoms with Crippen LogP contribution in [0.2, 0.25) is 25.7 Å². The molecule has 0 saturated heterocycles. The molecular formula is C17H27N3OSi. The van der Waals surface area contributed by atoms with Gasteiger partial charge in [0.05, 0.1) is 6.20 Å². The molecule has 0 amide bonds. The molecule has 0 aliphatic rings. The zero-order chi connectivity index (χ0) is 16.0. The third-order valence-electron chi connectivity index (χ3n) is 3.64. The number of hydrogen-bond donors (Lipinski definition) is 1. The van der Waals surface area contributed by atoms with Crippen molar-refractivity contribution in [3.8, 4) is 0 Å². The van der Waals surface area contributed by atoms with Gasteiger partial charge in [-0.15, -0.1) is 0 Å². The van der Waals surface area contributed by atoms with Crippen molar-refractivity contribution in [3.05, 3.63) is 53.3 Å². The first-order valence-corrected chi connectivity index (χ1v) is 11.5. The van der Waals surface area contributed by atoms with E-state index in [0.29, 0.717) is 13.3 Å². The predicted molar refractivity (Wildman–Crippen MR) is 93.5 cm³/mol. The molecule has 0 aliphatic heterocycles. The molecule has 2 rings (SSSR count). The van der Waals surface area contributed by atoms with E-state index in [1.807, 2.05) is 16.9 Å². The zero-order valence-corrected chi connectivity index (χ0v) is 14.9. The lowest BCUT2D eigenvalue weighted by Crippen LogP contribution is -2.22. The minimum Gasteiger partial charge on any atom is -0.360 e. The summed E-state index contributed by atoms with van der Waals surface area (Å²) < 4.78 is 7.59. The van der Waals surface area contributed by atoms with Crippen molar-refractivity contribution < 1.29 is 4.74 Å². The van der Waals surface area contributed by atoms with Crippen LogP contribution in [-0.4, -0.2) is 24.5 Å². The Bertz CT molecular complexity index is 590. The Hall–Kier alpha value is -1.43. The topological polar surface area (TPSA) is 53.1 Å². The van der Waals surface area contributed by atoms with Crippen molar-refractivity contribution in [3.63, 3.8) is 0 Å². The summed E-state index contributed by atoms with van der Waals surface area (Å²) in [6.45, 7) is 9.00. The van der Waals surface area contributed by atoms with Crippen LogP contribution >= 0.6 is 0 Å². The van der Waals surface area contributed by atoms with Gasteiger partial charge in [0, 0.05) is 33.8 Å². The Morgan fingerprint density at radius 3 is 2.59 bits per heavy atom. The largest absolute Gasteiger partial charge is 0.360 e. The molecule has 0 aliphatic carbocycles. The molecule has 5 heteroatoms. The summed E-state index contributed by atoms with van der Waals surface area (Å²) in [5.74, 6) is 0. The highest BCUT2D eigenvalue weighted by Gasteiger charge is 2.12. The van der Waals surface area contributed by atoms with Gasteiger partial charge in [-0.05, 0) is 22.7 Å². The van der Waals surface area contributed by atoms with Crippen molar-refractivity contribution in [1.82, 2.24) is 9.78 Å². The first kappa shape index (κ1) is 16.9. The molecule has 120 valence electrons. The molecule has 1 aromatic carbocycles. The third-order valence-corrected chi connectivity index (χ3v) is 5.34. The lowest BCUT2D eigenvalue weighted by Gasteiger charge is -2.15. The van der Waals surface area contributed by atoms with Gasteiger partial charge in [0.2, 0.25) is 0 Å². The maximum absolute atomic E-state index is 5.79. The van der Waals surface area contributed by atoms with E-state index in [9.17, 15) is 0 Å². The van der Waals surface area contributed by atoms with Gasteiger partial charge >= 0.3 is 0 Å². The van der Waals surface area contributed by atoms with Crippen LogP contribution in [0.1, 0.15) is 16.7 Å². The van der Waals surface area contributed by atoms with Gasteiger partial charge in [0.1, 0.15) is 6.73 Å². The molecular weight excluding hydrogens is 290 g/mol. The van der Waals surface area contributed by atoms with Crippen LogP contribution in [0, 0.1) is 0 Å². The fourth-order valence-corrected chi connectivity index (χ4v) is 3.01. The normalized spacial score (nSPS) is 11.8. The van der Waals surface area contributed by atoms with E-state index < -0.39 is 8.07 Å². The molecule has 0 saturated carbocycles. The molecule has 0 spiro atoms. The number of nitrogens with two attached hydrogens (primary N) is 1. The maximum atomic E-state index is 5.79. The summed E-state index contributed by atoms with van der Waals surface area (Å²) in [6, 6.07) is 9.48. The molecule has 0 atom stereocenters. The van der Waals surface area contributed by atoms with Crippen LogP contribution in [0.25, 0.3) is 0 Å². The average molecular weight is 318 g/mol. The summed E-state index contributed by atoms with van der Waals surface area (Å²) in [6.07, 6.45) is 4.83. The molecule has 0 radical (unpaired) electrons. The molecule has 4 nitrogen and oxygen atoms in total. The van der Waals surface area contributed by atoms with Crippen LogP contribution in [0.15, 0.2) is 36.7 Å². The predicted octanol–water partition coefficient (Wildman–Crippen LogP) is 3.24. The fraction of sp³-hybridized carbons (Fsp3) is 0.471. The summed E-state index contributed by atoms with van der Waals surface area (Å²) in [4.78, 5) is 0. The van der Waals surface area contributed by atoms with Crippen LogP contribution in [0.3, 0.4) is 0 Å². The summed E-state index contributed by atoms with van der Waals surface area (Å²) in [7, 11) is -1.02. The van der Waals surface area contributed by atoms with E-state index in [1.165, 1.54) is 22.7 Å². The summed E-state index contributed by atoms with van der Waals surface area (Å²) >= 11 is 0. The van der Waals surface area contributed by atoms with Gasteiger partial charge in [-0.25, -0.2) is 4.68 Å². The van der Waals surface area contributed by atoms with Gasteiger partial charge in [0.25, 0.3) is 0 Å². The first-order valence-electron chi connectivity index (χ1n) is 7.84. The number of nitrogens with zero attached hydrogens (tertiary/aromatic N) is 2. The minimum absolute atomic E-state index is 0.531. The number of ether oxygens (including phenoxy) is 1. The number of rotatable bonds is 8. The molecule has 1 heterocycles. The molecule has 0 fully saturated rings. The first-order chi connectivity index (χ1) is 10.5. The quantitative estimate of drug-likeness (QED) is 0.600. The van der Waals surface area contributed by atoms with Crippen LogP contribution < -0.4 is 5.73 Å². The third kappa shape index (κ3) is 5.40. The highest BCUT2D eigenvalue weighted by Crippen LogP contribution is 2.14. The Morgan fingerprint density at radius 1 is 1.18 bits per heavy atom. The maximum Gasteiger partial charge on any atom is 0.139 e. The van der Waals surface area contributed by atoms with Crippen molar-refractivity contribution in [2.45, 2.75) is 45.4 Å². The SMILES string of the molecule is C[Si](C)(C)CCOCn1cc(Cc2ccccc2CN)cn1. The molecule has 1 aromatic heterocycles. The van der Waals surface area contributed by atoms with Gasteiger partial charge in [-0.1, -0.05) is 43.9 Å². The van der Waals surface area contributed by atoms with Crippen LogP contribution in [0.5, 0.6) is 0 Å². The standard InChI is InChI=1S/C17H27N3OSi/c1-22(2,3)9-8-21-14-20-13-15(12-19-20)10-16-6-4-5-7-17(16)11-18/h4-7,12-13H,8-11,14,18H2,1-3H3. The smallest absolute Gasteiger partial charge is 0.139 e. The van der Waals surface area contributed by atoms with E-state index in [2.05, 4.69) is 49.1 Å². The Morgan fingerprint density at radius 2 is 1.91 bits per heavy atom. The Kier molecular flexibility index (Phi) is 5.94. The molecule has 0 bridgehead atoms. The van der Waals surface area contributed by atoms with Crippen molar-refractivity contribution in [2.75, 3.05) is 6.61 Å². The lowest BCUT2D eigenvalue weighted by atomic mass is 10.0. The van der Waals surface area contributed by atoms with Crippen molar-refractivity contribution in [1.29, 1.82) is 0 Å². The Labute approximate surface area is 134 Å². The molecule has 2 N–H and O–H groups in total. The van der Waals surface area contributed by atoms with E-state index >= 15 is 0 Å². The summed E-state index contributed by atoms with van der Waals surface area (Å²) in [5, 5.41) is 4.37. The fourth-order valence-electron chi connectivity index (χ4n) is 2.25. The molecule has 2 aromatic rings. The lowest BCUT2D eigenvalue weighted by molar-refractivity contribution is 0.0785. The second-order valence-corrected chi connectivity index (χ2v) is 12.5. The Balaban J connectivity index is 1.86. The van der Waals surface area contributed by atoms with Gasteiger partial charge in [-0.2, -0.15) is 5.10 Å². The molecule has 22 heavy (non-hydrogen) atoms. The minimum atomic E-state index is -1.02. The van der Waals surface area contributed by atoms with Crippen molar-refractivity contribution in [2.24, 2.45) is 5.73 Å². The van der Waals surface area contributed by atoms with E-state index in [4.69, 9.17) is 10.5 Å². The van der Waals surface area contributed by atoms with Gasteiger partial charge in [0.15, 0.2) is 0 Å². The van der Waals surface area contributed by atoms with Gasteiger partial charge < -0.3 is 10.5 Å². The van der Waals surface area contributed by atoms with Gasteiger partial charge in [-0.3, -0.25) is 0 Å². The average Bonchev–Trinajstić information content (AvgIpc) is 2.91. The van der Waals surface area contributed by atoms with Crippen molar-refractivity contribution >= 4 is 8.07 Å². The highest BCUT2D eigenvalue weighted by molar-refractivity contribution is 6.76. The summed E-state index contributed by atoms with van der Waals surface area (Å²) in [5.41, 5.74) is 9.44. The molecule has 0 unspecified atom stereocenters. The van der Waals surface area contributed by atoms with Crippen LogP contribution in [0.4, 0.5) is 0 Å². The number of hydrogen-bond acceptors (Lipinski definition) is 3. The second-order valence-electron chi connectivity index (χ2n) is 6.89. The number of aromatic nitrogens is 2. The van der Waals surface area contributed by atoms with E-state index in [1.54, 1.807) is 0 Å². The van der Waals surface area contributed by atoms with Crippen LogP contribution in [-0.2, 0) is 24.4 Å². The monoisotopic (exact) mass is 317 g/mol. The second kappa shape index (κ2) is 7.72. The highest BCUT2D eigenvalue weighted by atomic mass is 28.3. The zero-order valence-electron chi connectivity index (χ0n) is 13.9. The number of benzene rings is 1. The van der Waals surface area contributed by atoms with E-state index in [0.717, 1.165) is 13.0 Å².